The maximum absolute atomic E-state index is 6.57. The number of nitrogens with one attached hydrogen (secondary N) is 2. The highest BCUT2D eigenvalue weighted by molar-refractivity contribution is 6.79. The number of hydrogen-bond acceptors (Lipinski definition) is 4. The van der Waals surface area contributed by atoms with Gasteiger partial charge in [0.25, 0.3) is 0 Å². The SMILES string of the molecule is CC(c1ccccc1)(c1ccc(O[Si](C)(C)C)c(N[Si](C)(C)C)c1)c1ccc(O[Si](C)(C)C)c(N[Si](C)(C)C)c1. The number of anilines is 2. The van der Waals surface area contributed by atoms with Gasteiger partial charge in [-0.1, -0.05) is 81.7 Å². The van der Waals surface area contributed by atoms with E-state index in [0.29, 0.717) is 0 Å². The predicted molar refractivity (Wildman–Crippen MR) is 187 cm³/mol. The average Bonchev–Trinajstić information content (AvgIpc) is 2.78. The van der Waals surface area contributed by atoms with E-state index in [0.717, 1.165) is 22.9 Å². The van der Waals surface area contributed by atoms with E-state index in [1.807, 2.05) is 0 Å². The van der Waals surface area contributed by atoms with Gasteiger partial charge in [-0.2, -0.15) is 0 Å². The van der Waals surface area contributed by atoms with Gasteiger partial charge in [0.05, 0.1) is 11.4 Å². The Labute approximate surface area is 248 Å². The Hall–Kier alpha value is -2.27. The van der Waals surface area contributed by atoms with Gasteiger partial charge in [0, 0.05) is 5.41 Å². The van der Waals surface area contributed by atoms with Crippen LogP contribution in [0.5, 0.6) is 11.5 Å². The second kappa shape index (κ2) is 11.5. The van der Waals surface area contributed by atoms with E-state index in [2.05, 4.69) is 162 Å². The lowest BCUT2D eigenvalue weighted by atomic mass is 9.71. The Bertz CT molecular complexity index is 1220. The van der Waals surface area contributed by atoms with E-state index in [1.54, 1.807) is 0 Å². The molecule has 0 fully saturated rings. The Kier molecular flexibility index (Phi) is 9.31. The van der Waals surface area contributed by atoms with E-state index in [4.69, 9.17) is 8.85 Å². The van der Waals surface area contributed by atoms with Crippen molar-refractivity contribution in [3.63, 3.8) is 0 Å². The van der Waals surface area contributed by atoms with Gasteiger partial charge < -0.3 is 18.8 Å². The fourth-order valence-corrected chi connectivity index (χ4v) is 8.48. The van der Waals surface area contributed by atoms with Crippen molar-refractivity contribution >= 4 is 44.5 Å². The summed E-state index contributed by atoms with van der Waals surface area (Å²) in [4.78, 5) is 7.76. The molecular weight excluding hydrogens is 557 g/mol. The topological polar surface area (TPSA) is 42.5 Å². The van der Waals surface area contributed by atoms with E-state index in [-0.39, 0.29) is 5.41 Å². The first-order chi connectivity index (χ1) is 18.2. The van der Waals surface area contributed by atoms with Crippen molar-refractivity contribution in [2.75, 3.05) is 9.96 Å². The van der Waals surface area contributed by atoms with Crippen molar-refractivity contribution < 1.29 is 8.85 Å². The molecule has 218 valence electrons. The quantitative estimate of drug-likeness (QED) is 0.168. The summed E-state index contributed by atoms with van der Waals surface area (Å²) < 4.78 is 13.1. The van der Waals surface area contributed by atoms with Crippen molar-refractivity contribution in [3.8, 4) is 11.5 Å². The molecule has 8 heteroatoms. The summed E-state index contributed by atoms with van der Waals surface area (Å²) >= 11 is 0. The first-order valence-corrected chi connectivity index (χ1v) is 28.3. The third kappa shape index (κ3) is 8.86. The normalized spacial score (nSPS) is 13.1. The molecule has 0 spiro atoms. The van der Waals surface area contributed by atoms with Crippen LogP contribution in [0.15, 0.2) is 66.7 Å². The third-order valence-electron chi connectivity index (χ3n) is 6.32. The monoisotopic (exact) mass is 608 g/mol. The van der Waals surface area contributed by atoms with Gasteiger partial charge in [-0.25, -0.2) is 0 Å². The molecule has 0 atom stereocenters. The zero-order valence-electron chi connectivity index (χ0n) is 27.2. The molecule has 0 radical (unpaired) electrons. The first kappa shape index (κ1) is 32.2. The minimum atomic E-state index is -1.79. The van der Waals surface area contributed by atoms with Gasteiger partial charge in [0.15, 0.2) is 0 Å². The molecule has 0 unspecified atom stereocenters. The maximum Gasteiger partial charge on any atom is 0.242 e. The molecule has 2 N–H and O–H groups in total. The molecule has 3 aromatic carbocycles. The van der Waals surface area contributed by atoms with Crippen LogP contribution >= 0.6 is 0 Å². The summed E-state index contributed by atoms with van der Waals surface area (Å²) in [5.41, 5.74) is 5.54. The van der Waals surface area contributed by atoms with E-state index in [9.17, 15) is 0 Å². The third-order valence-corrected chi connectivity index (χ3v) is 10.0. The molecule has 3 aromatic rings. The van der Waals surface area contributed by atoms with Gasteiger partial charge in [0.2, 0.25) is 16.6 Å². The lowest BCUT2D eigenvalue weighted by Gasteiger charge is -2.35. The number of rotatable bonds is 11. The Morgan fingerprint density at radius 3 is 1.20 bits per heavy atom. The maximum atomic E-state index is 6.57. The van der Waals surface area contributed by atoms with Crippen LogP contribution in [0.1, 0.15) is 23.6 Å². The summed E-state index contributed by atoms with van der Waals surface area (Å²) in [6, 6.07) is 24.4. The van der Waals surface area contributed by atoms with Gasteiger partial charge in [0.1, 0.15) is 28.0 Å². The summed E-state index contributed by atoms with van der Waals surface area (Å²) in [5.74, 6) is 1.92. The molecular formula is C32H52N2O2Si4. The molecule has 0 saturated heterocycles. The van der Waals surface area contributed by atoms with Crippen LogP contribution in [-0.2, 0) is 5.41 Å². The second-order valence-corrected chi connectivity index (χ2v) is 33.4. The smallest absolute Gasteiger partial charge is 0.242 e. The van der Waals surface area contributed by atoms with Gasteiger partial charge >= 0.3 is 0 Å². The first-order valence-electron chi connectivity index (χ1n) is 14.5. The van der Waals surface area contributed by atoms with Crippen molar-refractivity contribution in [1.82, 2.24) is 0 Å². The lowest BCUT2D eigenvalue weighted by molar-refractivity contribution is 0.558. The minimum absolute atomic E-state index is 0.387. The van der Waals surface area contributed by atoms with Crippen LogP contribution in [0.4, 0.5) is 11.4 Å². The van der Waals surface area contributed by atoms with Crippen LogP contribution in [0, 0.1) is 0 Å². The van der Waals surface area contributed by atoms with E-state index < -0.39 is 33.1 Å². The second-order valence-electron chi connectivity index (χ2n) is 15.1. The van der Waals surface area contributed by atoms with Crippen molar-refractivity contribution in [2.24, 2.45) is 0 Å². The fraction of sp³-hybridized carbons (Fsp3) is 0.438. The zero-order valence-corrected chi connectivity index (χ0v) is 31.2. The largest absolute Gasteiger partial charge is 0.543 e. The Morgan fingerprint density at radius 2 is 0.875 bits per heavy atom. The number of benzene rings is 3. The molecule has 0 saturated carbocycles. The predicted octanol–water partition coefficient (Wildman–Crippen LogP) is 9.96. The van der Waals surface area contributed by atoms with Crippen LogP contribution in [-0.4, -0.2) is 33.1 Å². The van der Waals surface area contributed by atoms with E-state index >= 15 is 0 Å². The molecule has 0 heterocycles. The highest BCUT2D eigenvalue weighted by atomic mass is 28.4. The van der Waals surface area contributed by atoms with Crippen LogP contribution in [0.2, 0.25) is 78.6 Å². The highest BCUT2D eigenvalue weighted by Gasteiger charge is 2.34. The van der Waals surface area contributed by atoms with Crippen molar-refractivity contribution in [1.29, 1.82) is 0 Å². The van der Waals surface area contributed by atoms with Crippen molar-refractivity contribution in [3.05, 3.63) is 83.4 Å². The highest BCUT2D eigenvalue weighted by Crippen LogP contribution is 2.44. The van der Waals surface area contributed by atoms with Gasteiger partial charge in [-0.3, -0.25) is 0 Å². The standard InChI is InChI=1S/C32H52N2O2Si4/c1-32(25-17-15-14-16-18-25,26-19-21-30(35-39(8,9)10)28(23-26)33-37(2,3)4)27-20-22-31(36-40(11,12)13)29(24-27)34-38(5,6)7/h14-24,33-34H,1-13H3. The molecule has 0 aliphatic rings. The van der Waals surface area contributed by atoms with Crippen LogP contribution < -0.4 is 18.8 Å². The summed E-state index contributed by atoms with van der Waals surface area (Å²) in [6.45, 7) is 29.8. The molecule has 4 nitrogen and oxygen atoms in total. The Balaban J connectivity index is 2.29. The van der Waals surface area contributed by atoms with Crippen molar-refractivity contribution in [2.45, 2.75) is 90.9 Å². The minimum Gasteiger partial charge on any atom is -0.543 e. The molecule has 0 aliphatic heterocycles. The molecule has 3 rings (SSSR count). The summed E-state index contributed by atoms with van der Waals surface area (Å²) in [5, 5.41) is 0. The zero-order chi connectivity index (χ0) is 30.1. The Morgan fingerprint density at radius 1 is 0.500 bits per heavy atom. The molecule has 0 bridgehead atoms. The molecule has 40 heavy (non-hydrogen) atoms. The average molecular weight is 609 g/mol. The molecule has 0 amide bonds. The molecule has 0 aliphatic carbocycles. The van der Waals surface area contributed by atoms with Crippen LogP contribution in [0.3, 0.4) is 0 Å². The summed E-state index contributed by atoms with van der Waals surface area (Å²) in [6.07, 6.45) is 0. The lowest BCUT2D eigenvalue weighted by Crippen LogP contribution is -2.35. The fourth-order valence-electron chi connectivity index (χ4n) is 4.79. The van der Waals surface area contributed by atoms with Gasteiger partial charge in [-0.05, 0) is 87.2 Å². The molecule has 0 aromatic heterocycles. The van der Waals surface area contributed by atoms with E-state index in [1.165, 1.54) is 16.7 Å². The van der Waals surface area contributed by atoms with Gasteiger partial charge in [-0.15, -0.1) is 0 Å². The summed E-state index contributed by atoms with van der Waals surface area (Å²) in [7, 11) is -6.87. The number of hydrogen-bond donors (Lipinski definition) is 2. The van der Waals surface area contributed by atoms with Crippen LogP contribution in [0.25, 0.3) is 0 Å².